The van der Waals surface area contributed by atoms with Gasteiger partial charge < -0.3 is 5.32 Å². The van der Waals surface area contributed by atoms with Crippen LogP contribution in [0, 0.1) is 0 Å². The lowest BCUT2D eigenvalue weighted by atomic mass is 10.2. The molecule has 0 aliphatic heterocycles. The lowest BCUT2D eigenvalue weighted by Crippen LogP contribution is -2.27. The standard InChI is InChI=1S/C13H16N4O2S/c1-10(11-4-3-7-15-8-11)17-20(18,19)12-5-6-13(14-2)16-9-12/h3-10,17H,1-2H3,(H,14,16). The van der Waals surface area contributed by atoms with E-state index in [0.29, 0.717) is 5.82 Å². The maximum Gasteiger partial charge on any atom is 0.242 e. The predicted octanol–water partition coefficient (Wildman–Crippen LogP) is 1.56. The zero-order valence-corrected chi connectivity index (χ0v) is 12.1. The van der Waals surface area contributed by atoms with Crippen LogP contribution in [-0.2, 0) is 10.0 Å². The van der Waals surface area contributed by atoms with Crippen molar-refractivity contribution in [1.29, 1.82) is 0 Å². The van der Waals surface area contributed by atoms with Crippen LogP contribution < -0.4 is 10.0 Å². The van der Waals surface area contributed by atoms with Gasteiger partial charge in [-0.25, -0.2) is 18.1 Å². The summed E-state index contributed by atoms with van der Waals surface area (Å²) in [5.74, 6) is 0.615. The van der Waals surface area contributed by atoms with Crippen LogP contribution in [-0.4, -0.2) is 25.4 Å². The predicted molar refractivity (Wildman–Crippen MR) is 76.8 cm³/mol. The van der Waals surface area contributed by atoms with Gasteiger partial charge in [-0.3, -0.25) is 4.98 Å². The molecule has 0 saturated carbocycles. The molecule has 0 aliphatic rings. The van der Waals surface area contributed by atoms with Crippen molar-refractivity contribution in [1.82, 2.24) is 14.7 Å². The van der Waals surface area contributed by atoms with E-state index in [1.54, 1.807) is 38.5 Å². The third-order valence-electron chi connectivity index (χ3n) is 2.82. The highest BCUT2D eigenvalue weighted by Gasteiger charge is 2.18. The van der Waals surface area contributed by atoms with Crippen LogP contribution in [0.25, 0.3) is 0 Å². The molecule has 7 heteroatoms. The fourth-order valence-electron chi connectivity index (χ4n) is 1.69. The lowest BCUT2D eigenvalue weighted by molar-refractivity contribution is 0.566. The second-order valence-electron chi connectivity index (χ2n) is 4.26. The Labute approximate surface area is 118 Å². The van der Waals surface area contributed by atoms with Crippen LogP contribution in [0.15, 0.2) is 47.8 Å². The monoisotopic (exact) mass is 292 g/mol. The Balaban J connectivity index is 2.18. The number of rotatable bonds is 5. The van der Waals surface area contributed by atoms with Gasteiger partial charge >= 0.3 is 0 Å². The molecule has 0 saturated heterocycles. The third kappa shape index (κ3) is 3.31. The highest BCUT2D eigenvalue weighted by atomic mass is 32.2. The molecule has 20 heavy (non-hydrogen) atoms. The Morgan fingerprint density at radius 2 is 2.00 bits per heavy atom. The molecule has 0 fully saturated rings. The zero-order chi connectivity index (χ0) is 14.6. The summed E-state index contributed by atoms with van der Waals surface area (Å²) in [6.07, 6.45) is 4.60. The van der Waals surface area contributed by atoms with Crippen molar-refractivity contribution >= 4 is 15.8 Å². The molecule has 0 aliphatic carbocycles. The second-order valence-corrected chi connectivity index (χ2v) is 5.97. The van der Waals surface area contributed by atoms with Crippen LogP contribution in [0.5, 0.6) is 0 Å². The highest BCUT2D eigenvalue weighted by molar-refractivity contribution is 7.89. The van der Waals surface area contributed by atoms with Crippen LogP contribution >= 0.6 is 0 Å². The zero-order valence-electron chi connectivity index (χ0n) is 11.2. The average molecular weight is 292 g/mol. The molecular formula is C13H16N4O2S. The van der Waals surface area contributed by atoms with E-state index in [9.17, 15) is 8.42 Å². The Hall–Kier alpha value is -1.99. The van der Waals surface area contributed by atoms with Gasteiger partial charge in [-0.05, 0) is 30.7 Å². The smallest absolute Gasteiger partial charge is 0.242 e. The molecule has 106 valence electrons. The molecule has 0 bridgehead atoms. The summed E-state index contributed by atoms with van der Waals surface area (Å²) in [5.41, 5.74) is 0.802. The van der Waals surface area contributed by atoms with Gasteiger partial charge in [0.1, 0.15) is 10.7 Å². The fourth-order valence-corrected chi connectivity index (χ4v) is 2.86. The van der Waals surface area contributed by atoms with Crippen molar-refractivity contribution in [3.05, 3.63) is 48.4 Å². The quantitative estimate of drug-likeness (QED) is 0.873. The summed E-state index contributed by atoms with van der Waals surface area (Å²) in [5, 5.41) is 2.84. The van der Waals surface area contributed by atoms with Crippen LogP contribution in [0.1, 0.15) is 18.5 Å². The maximum absolute atomic E-state index is 12.2. The Morgan fingerprint density at radius 1 is 1.20 bits per heavy atom. The van der Waals surface area contributed by atoms with E-state index in [1.807, 2.05) is 6.07 Å². The van der Waals surface area contributed by atoms with Crippen molar-refractivity contribution in [3.63, 3.8) is 0 Å². The third-order valence-corrected chi connectivity index (χ3v) is 4.35. The number of sulfonamides is 1. The molecule has 0 aromatic carbocycles. The molecule has 2 aromatic heterocycles. The van der Waals surface area contributed by atoms with E-state index in [4.69, 9.17) is 0 Å². The first-order chi connectivity index (χ1) is 9.53. The Bertz CT molecular complexity index is 657. The van der Waals surface area contributed by atoms with Crippen molar-refractivity contribution in [2.24, 2.45) is 0 Å². The van der Waals surface area contributed by atoms with E-state index in [-0.39, 0.29) is 10.9 Å². The molecule has 2 rings (SSSR count). The minimum absolute atomic E-state index is 0.132. The number of anilines is 1. The first-order valence-electron chi connectivity index (χ1n) is 6.09. The summed E-state index contributed by atoms with van der Waals surface area (Å²) in [4.78, 5) is 8.11. The van der Waals surface area contributed by atoms with E-state index in [0.717, 1.165) is 5.56 Å². The Morgan fingerprint density at radius 3 is 2.55 bits per heavy atom. The molecular weight excluding hydrogens is 276 g/mol. The van der Waals surface area contributed by atoms with Gasteiger partial charge in [-0.2, -0.15) is 0 Å². The summed E-state index contributed by atoms with van der Waals surface area (Å²) < 4.78 is 27.0. The number of aromatic nitrogens is 2. The molecule has 0 radical (unpaired) electrons. The first kappa shape index (κ1) is 14.4. The van der Waals surface area contributed by atoms with Gasteiger partial charge in [-0.1, -0.05) is 6.07 Å². The van der Waals surface area contributed by atoms with Crippen LogP contribution in [0.4, 0.5) is 5.82 Å². The molecule has 0 amide bonds. The van der Waals surface area contributed by atoms with E-state index in [1.165, 1.54) is 12.3 Å². The van der Waals surface area contributed by atoms with Crippen molar-refractivity contribution in [3.8, 4) is 0 Å². The number of pyridine rings is 2. The van der Waals surface area contributed by atoms with Crippen molar-refractivity contribution < 1.29 is 8.42 Å². The normalized spacial score (nSPS) is 12.9. The molecule has 2 heterocycles. The molecule has 6 nitrogen and oxygen atoms in total. The summed E-state index contributed by atoms with van der Waals surface area (Å²) in [7, 11) is -1.88. The van der Waals surface area contributed by atoms with Gasteiger partial charge in [0.25, 0.3) is 0 Å². The molecule has 2 aromatic rings. The van der Waals surface area contributed by atoms with Gasteiger partial charge in [0.2, 0.25) is 10.0 Å². The largest absolute Gasteiger partial charge is 0.373 e. The minimum atomic E-state index is -3.60. The van der Waals surface area contributed by atoms with Gasteiger partial charge in [0, 0.05) is 31.7 Å². The van der Waals surface area contributed by atoms with Gasteiger partial charge in [-0.15, -0.1) is 0 Å². The molecule has 0 spiro atoms. The SMILES string of the molecule is CNc1ccc(S(=O)(=O)NC(C)c2cccnc2)cn1. The summed E-state index contributed by atoms with van der Waals surface area (Å²) in [6, 6.07) is 6.35. The van der Waals surface area contributed by atoms with E-state index >= 15 is 0 Å². The molecule has 1 unspecified atom stereocenters. The lowest BCUT2D eigenvalue weighted by Gasteiger charge is -2.14. The second kappa shape index (κ2) is 5.98. The van der Waals surface area contributed by atoms with Crippen LogP contribution in [0.2, 0.25) is 0 Å². The minimum Gasteiger partial charge on any atom is -0.373 e. The number of hydrogen-bond acceptors (Lipinski definition) is 5. The summed E-state index contributed by atoms with van der Waals surface area (Å²) in [6.45, 7) is 1.77. The summed E-state index contributed by atoms with van der Waals surface area (Å²) >= 11 is 0. The maximum atomic E-state index is 12.2. The number of nitrogens with zero attached hydrogens (tertiary/aromatic N) is 2. The van der Waals surface area contributed by atoms with E-state index in [2.05, 4.69) is 20.0 Å². The molecule has 2 N–H and O–H groups in total. The van der Waals surface area contributed by atoms with E-state index < -0.39 is 10.0 Å². The van der Waals surface area contributed by atoms with Gasteiger partial charge in [0.05, 0.1) is 0 Å². The number of hydrogen-bond donors (Lipinski definition) is 2. The average Bonchev–Trinajstić information content (AvgIpc) is 2.48. The van der Waals surface area contributed by atoms with Gasteiger partial charge in [0.15, 0.2) is 0 Å². The number of nitrogens with one attached hydrogen (secondary N) is 2. The topological polar surface area (TPSA) is 84.0 Å². The highest BCUT2D eigenvalue weighted by Crippen LogP contribution is 2.16. The molecule has 1 atom stereocenters. The first-order valence-corrected chi connectivity index (χ1v) is 7.57. The Kier molecular flexibility index (Phi) is 4.31. The van der Waals surface area contributed by atoms with Crippen molar-refractivity contribution in [2.45, 2.75) is 17.9 Å². The van der Waals surface area contributed by atoms with Crippen molar-refractivity contribution in [2.75, 3.05) is 12.4 Å². The fraction of sp³-hybridized carbons (Fsp3) is 0.231. The van der Waals surface area contributed by atoms with Crippen LogP contribution in [0.3, 0.4) is 0 Å².